The number of rotatable bonds is 8. The summed E-state index contributed by atoms with van der Waals surface area (Å²) < 4.78 is 48.1. The highest BCUT2D eigenvalue weighted by Crippen LogP contribution is 2.30. The van der Waals surface area contributed by atoms with E-state index in [-0.39, 0.29) is 19.0 Å². The normalized spacial score (nSPS) is 11.1. The molecule has 4 rings (SSSR count). The molecule has 0 fully saturated rings. The Bertz CT molecular complexity index is 1220. The van der Waals surface area contributed by atoms with E-state index in [4.69, 9.17) is 9.84 Å². The van der Waals surface area contributed by atoms with Crippen molar-refractivity contribution in [1.29, 1.82) is 0 Å². The Morgan fingerprint density at radius 3 is 2.46 bits per heavy atom. The maximum atomic E-state index is 12.3. The van der Waals surface area contributed by atoms with Gasteiger partial charge in [0, 0.05) is 10.9 Å². The van der Waals surface area contributed by atoms with Gasteiger partial charge in [0.05, 0.1) is 18.8 Å². The van der Waals surface area contributed by atoms with Crippen molar-refractivity contribution in [2.75, 3.05) is 13.2 Å². The number of aliphatic hydroxyl groups is 1. The third-order valence-corrected chi connectivity index (χ3v) is 5.36. The molecular formula is C24H25F3N4O3S. The first-order valence-corrected chi connectivity index (χ1v) is 11.7. The fraction of sp³-hybridized carbons (Fsp3) is 0.292. The molecule has 0 saturated carbocycles. The molecule has 0 atom stereocenters. The van der Waals surface area contributed by atoms with Crippen molar-refractivity contribution in [3.63, 3.8) is 0 Å². The van der Waals surface area contributed by atoms with Crippen LogP contribution in [-0.2, 0) is 6.54 Å². The zero-order valence-electron chi connectivity index (χ0n) is 19.4. The summed E-state index contributed by atoms with van der Waals surface area (Å²) in [4.78, 5) is 9.04. The molecule has 1 N–H and O–H groups in total. The Kier molecular flexibility index (Phi) is 8.83. The number of nitrogens with zero attached hydrogens (tertiary/aromatic N) is 4. The monoisotopic (exact) mass is 506 g/mol. The molecule has 35 heavy (non-hydrogen) atoms. The van der Waals surface area contributed by atoms with Crippen LogP contribution in [0.2, 0.25) is 0 Å². The zero-order valence-corrected chi connectivity index (χ0v) is 20.2. The summed E-state index contributed by atoms with van der Waals surface area (Å²) in [6.45, 7) is 6.49. The second-order valence-corrected chi connectivity index (χ2v) is 7.83. The van der Waals surface area contributed by atoms with Gasteiger partial charge in [-0.15, -0.1) is 29.6 Å². The predicted molar refractivity (Wildman–Crippen MR) is 127 cm³/mol. The van der Waals surface area contributed by atoms with E-state index >= 15 is 0 Å². The van der Waals surface area contributed by atoms with Gasteiger partial charge in [-0.25, -0.2) is 14.6 Å². The Morgan fingerprint density at radius 1 is 1.03 bits per heavy atom. The number of benzene rings is 2. The highest BCUT2D eigenvalue weighted by atomic mass is 32.1. The number of hydrogen-bond acceptors (Lipinski definition) is 7. The Labute approximate surface area is 204 Å². The minimum absolute atomic E-state index is 0.0585. The van der Waals surface area contributed by atoms with E-state index in [9.17, 15) is 13.2 Å². The topological polar surface area (TPSA) is 82.3 Å². The second kappa shape index (κ2) is 11.8. The Hall–Kier alpha value is -3.44. The summed E-state index contributed by atoms with van der Waals surface area (Å²) >= 11 is 1.35. The highest BCUT2D eigenvalue weighted by molar-refractivity contribution is 7.13. The molecule has 186 valence electrons. The number of aliphatic hydroxyl groups excluding tert-OH is 1. The number of thiazole rings is 1. The average molecular weight is 507 g/mol. The minimum Gasteiger partial charge on any atom is -0.491 e. The molecule has 4 aromatic rings. The molecule has 0 spiro atoms. The van der Waals surface area contributed by atoms with Gasteiger partial charge >= 0.3 is 6.36 Å². The maximum absolute atomic E-state index is 12.3. The Balaban J connectivity index is 0.00000167. The van der Waals surface area contributed by atoms with Gasteiger partial charge in [0.15, 0.2) is 5.01 Å². The summed E-state index contributed by atoms with van der Waals surface area (Å²) in [5.41, 5.74) is 2.23. The first-order chi connectivity index (χ1) is 16.8. The van der Waals surface area contributed by atoms with Crippen LogP contribution < -0.4 is 9.47 Å². The van der Waals surface area contributed by atoms with Crippen LogP contribution in [0, 0.1) is 6.92 Å². The number of halogens is 3. The van der Waals surface area contributed by atoms with Crippen LogP contribution >= 0.6 is 11.3 Å². The molecule has 7 nitrogen and oxygen atoms in total. The Morgan fingerprint density at radius 2 is 1.77 bits per heavy atom. The molecule has 2 heterocycles. The molecule has 0 aliphatic rings. The second-order valence-electron chi connectivity index (χ2n) is 6.97. The molecule has 0 bridgehead atoms. The van der Waals surface area contributed by atoms with E-state index in [1.165, 1.54) is 35.6 Å². The van der Waals surface area contributed by atoms with Gasteiger partial charge in [-0.3, -0.25) is 0 Å². The summed E-state index contributed by atoms with van der Waals surface area (Å²) in [5, 5.41) is 15.9. The van der Waals surface area contributed by atoms with Crippen molar-refractivity contribution in [1.82, 2.24) is 19.7 Å². The largest absolute Gasteiger partial charge is 0.573 e. The number of hydrogen-bond donors (Lipinski definition) is 1. The van der Waals surface area contributed by atoms with Crippen LogP contribution in [0.1, 0.15) is 25.2 Å². The lowest BCUT2D eigenvalue weighted by Gasteiger charge is -2.08. The van der Waals surface area contributed by atoms with Gasteiger partial charge in [-0.1, -0.05) is 26.0 Å². The fourth-order valence-corrected chi connectivity index (χ4v) is 3.82. The molecule has 0 unspecified atom stereocenters. The SMILES string of the molecule is CC.Cc1nc(-c2nc(-c3ccc(OC(F)(F)F)cc3)cs2)nn1Cc1cccc(OCCO)c1. The van der Waals surface area contributed by atoms with Crippen molar-refractivity contribution in [3.05, 3.63) is 65.3 Å². The molecule has 0 aliphatic carbocycles. The molecule has 11 heteroatoms. The van der Waals surface area contributed by atoms with Gasteiger partial charge in [-0.05, 0) is 48.9 Å². The van der Waals surface area contributed by atoms with Gasteiger partial charge in [-0.2, -0.15) is 0 Å². The molecule has 0 aliphatic heterocycles. The van der Waals surface area contributed by atoms with Gasteiger partial charge < -0.3 is 14.6 Å². The van der Waals surface area contributed by atoms with Crippen LogP contribution in [0.15, 0.2) is 53.9 Å². The van der Waals surface area contributed by atoms with E-state index in [1.807, 2.05) is 45.0 Å². The van der Waals surface area contributed by atoms with Crippen LogP contribution in [0.25, 0.3) is 22.1 Å². The van der Waals surface area contributed by atoms with Crippen LogP contribution in [0.4, 0.5) is 13.2 Å². The van der Waals surface area contributed by atoms with Gasteiger partial charge in [0.1, 0.15) is 23.9 Å². The van der Waals surface area contributed by atoms with Gasteiger partial charge in [0.25, 0.3) is 0 Å². The number of aromatic nitrogens is 4. The molecular weight excluding hydrogens is 481 g/mol. The van der Waals surface area contributed by atoms with Crippen molar-refractivity contribution in [3.8, 4) is 33.6 Å². The maximum Gasteiger partial charge on any atom is 0.573 e. The number of ether oxygens (including phenoxy) is 2. The first kappa shape index (κ1) is 26.2. The standard InChI is InChI=1S/C22H19F3N4O3S.C2H6/c1-14-26-20(28-29(14)12-15-3-2-4-18(11-15)31-10-9-30)21-27-19(13-33-21)16-5-7-17(8-6-16)32-22(23,24)25;1-2/h2-8,11,13,30H,9-10,12H2,1H3;1-2H3. The van der Waals surface area contributed by atoms with E-state index in [1.54, 1.807) is 10.1 Å². The predicted octanol–water partition coefficient (Wildman–Crippen LogP) is 5.72. The lowest BCUT2D eigenvalue weighted by molar-refractivity contribution is -0.274. The van der Waals surface area contributed by atoms with Crippen molar-refractivity contribution in [2.24, 2.45) is 0 Å². The quantitative estimate of drug-likeness (QED) is 0.329. The molecule has 0 amide bonds. The van der Waals surface area contributed by atoms with Crippen molar-refractivity contribution in [2.45, 2.75) is 33.7 Å². The first-order valence-electron chi connectivity index (χ1n) is 10.9. The van der Waals surface area contributed by atoms with E-state index in [0.29, 0.717) is 40.2 Å². The van der Waals surface area contributed by atoms with Crippen molar-refractivity contribution >= 4 is 11.3 Å². The van der Waals surface area contributed by atoms with Gasteiger partial charge in [0.2, 0.25) is 5.82 Å². The molecule has 0 radical (unpaired) electrons. The lowest BCUT2D eigenvalue weighted by Crippen LogP contribution is -2.16. The summed E-state index contributed by atoms with van der Waals surface area (Å²) in [6.07, 6.45) is -4.73. The summed E-state index contributed by atoms with van der Waals surface area (Å²) in [5.74, 6) is 1.55. The third-order valence-electron chi connectivity index (χ3n) is 4.53. The number of aryl methyl sites for hydroxylation is 1. The van der Waals surface area contributed by atoms with Crippen LogP contribution in [-0.4, -0.2) is 44.4 Å². The molecule has 0 saturated heterocycles. The highest BCUT2D eigenvalue weighted by Gasteiger charge is 2.31. The fourth-order valence-electron chi connectivity index (χ4n) is 3.07. The minimum atomic E-state index is -4.73. The molecule has 2 aromatic heterocycles. The zero-order chi connectivity index (χ0) is 25.4. The average Bonchev–Trinajstić information content (AvgIpc) is 3.46. The molecule has 2 aromatic carbocycles. The third kappa shape index (κ3) is 7.27. The smallest absolute Gasteiger partial charge is 0.491 e. The van der Waals surface area contributed by atoms with E-state index in [0.717, 1.165) is 5.56 Å². The van der Waals surface area contributed by atoms with Crippen LogP contribution in [0.5, 0.6) is 11.5 Å². The number of alkyl halides is 3. The van der Waals surface area contributed by atoms with Crippen LogP contribution in [0.3, 0.4) is 0 Å². The summed E-state index contributed by atoms with van der Waals surface area (Å²) in [7, 11) is 0. The van der Waals surface area contributed by atoms with E-state index in [2.05, 4.69) is 19.8 Å². The lowest BCUT2D eigenvalue weighted by atomic mass is 10.2. The summed E-state index contributed by atoms with van der Waals surface area (Å²) in [6, 6.07) is 13.0. The van der Waals surface area contributed by atoms with Crippen molar-refractivity contribution < 1.29 is 27.8 Å². The van der Waals surface area contributed by atoms with E-state index < -0.39 is 6.36 Å².